The Kier molecular flexibility index (Phi) is 8.14. The molecule has 0 radical (unpaired) electrons. The van der Waals surface area contributed by atoms with Gasteiger partial charge in [0.25, 0.3) is 0 Å². The number of tetrazole rings is 1. The molecule has 172 valence electrons. The molecule has 1 aromatic carbocycles. The van der Waals surface area contributed by atoms with Crippen LogP contribution in [0.4, 0.5) is 0 Å². The number of aryl methyl sites for hydroxylation is 1. The van der Waals surface area contributed by atoms with Crippen molar-refractivity contribution in [3.8, 4) is 17.6 Å². The molecule has 3 rings (SSSR count). The van der Waals surface area contributed by atoms with Crippen LogP contribution >= 0.6 is 0 Å². The first-order valence-electron chi connectivity index (χ1n) is 11.2. The summed E-state index contributed by atoms with van der Waals surface area (Å²) in [5.41, 5.74) is 3.67. The van der Waals surface area contributed by atoms with E-state index in [2.05, 4.69) is 28.1 Å². The number of carbonyl (C=O) groups excluding carboxylic acids is 1. The van der Waals surface area contributed by atoms with Gasteiger partial charge in [-0.05, 0) is 61.9 Å². The van der Waals surface area contributed by atoms with Crippen LogP contribution in [-0.4, -0.2) is 37.7 Å². The lowest BCUT2D eigenvalue weighted by Crippen LogP contribution is -2.09. The first-order valence-corrected chi connectivity index (χ1v) is 11.2. The van der Waals surface area contributed by atoms with E-state index in [1.807, 2.05) is 13.0 Å². The Hall–Kier alpha value is -3.73. The number of carbonyl (C=O) groups is 1. The summed E-state index contributed by atoms with van der Waals surface area (Å²) < 4.78 is 5.91. The Bertz CT molecular complexity index is 1140. The molecule has 0 spiro atoms. The summed E-state index contributed by atoms with van der Waals surface area (Å²) in [7, 11) is 0. The molecule has 33 heavy (non-hydrogen) atoms. The van der Waals surface area contributed by atoms with Crippen LogP contribution in [0.2, 0.25) is 0 Å². The Morgan fingerprint density at radius 1 is 1.36 bits per heavy atom. The molecule has 0 aliphatic heterocycles. The molecule has 0 unspecified atom stereocenters. The molecule has 2 aromatic rings. The molecule has 1 aliphatic rings. The van der Waals surface area contributed by atoms with E-state index in [1.165, 1.54) is 17.8 Å². The van der Waals surface area contributed by atoms with E-state index in [0.717, 1.165) is 42.5 Å². The van der Waals surface area contributed by atoms with Crippen molar-refractivity contribution in [2.75, 3.05) is 6.61 Å². The fourth-order valence-electron chi connectivity index (χ4n) is 3.76. The van der Waals surface area contributed by atoms with Gasteiger partial charge in [-0.3, -0.25) is 4.79 Å². The summed E-state index contributed by atoms with van der Waals surface area (Å²) in [5.74, 6) is 1.10. The third-order valence-electron chi connectivity index (χ3n) is 5.43. The van der Waals surface area contributed by atoms with E-state index >= 15 is 0 Å². The van der Waals surface area contributed by atoms with Gasteiger partial charge in [0.15, 0.2) is 11.6 Å². The van der Waals surface area contributed by atoms with Crippen LogP contribution in [0.25, 0.3) is 5.70 Å². The maximum Gasteiger partial charge on any atom is 0.175 e. The van der Waals surface area contributed by atoms with Gasteiger partial charge in [-0.15, -0.1) is 15.0 Å². The van der Waals surface area contributed by atoms with Crippen molar-refractivity contribution in [3.05, 3.63) is 59.0 Å². The quantitative estimate of drug-likeness (QED) is 0.245. The standard InChI is InChI=1S/C25H29N5O3/c1-4-7-21-23(12-10-20(18(3)31)25(21)32)33-15-6-5-8-24-27-29-30(28-24)22-11-9-17(2)16-19(22)13-14-26/h10-13,32H,2,4-9,15-16H2,1,3H3. The van der Waals surface area contributed by atoms with Crippen molar-refractivity contribution in [1.29, 1.82) is 5.26 Å². The van der Waals surface area contributed by atoms with Crippen molar-refractivity contribution in [3.63, 3.8) is 0 Å². The van der Waals surface area contributed by atoms with Crippen molar-refractivity contribution < 1.29 is 14.6 Å². The van der Waals surface area contributed by atoms with Gasteiger partial charge in [0, 0.05) is 18.1 Å². The second-order valence-electron chi connectivity index (χ2n) is 8.06. The van der Waals surface area contributed by atoms with E-state index in [1.54, 1.807) is 12.1 Å². The molecular weight excluding hydrogens is 418 g/mol. The first kappa shape index (κ1) is 23.9. The number of rotatable bonds is 10. The predicted molar refractivity (Wildman–Crippen MR) is 125 cm³/mol. The summed E-state index contributed by atoms with van der Waals surface area (Å²) in [6, 6.07) is 5.44. The SMILES string of the molecule is C=C1CC=C(n2nnc(CCCCOc3ccc(C(C)=O)c(O)c3CCC)n2)C(=CC#N)C1. The number of phenols is 1. The van der Waals surface area contributed by atoms with Gasteiger partial charge < -0.3 is 9.84 Å². The second-order valence-corrected chi connectivity index (χ2v) is 8.06. The Balaban J connectivity index is 1.55. The zero-order chi connectivity index (χ0) is 23.8. The number of phenolic OH excluding ortho intramolecular Hbond substituents is 1. The zero-order valence-corrected chi connectivity index (χ0v) is 19.2. The summed E-state index contributed by atoms with van der Waals surface area (Å²) in [5, 5.41) is 32.2. The molecule has 0 amide bonds. The molecule has 1 heterocycles. The van der Waals surface area contributed by atoms with E-state index in [-0.39, 0.29) is 11.5 Å². The molecule has 0 fully saturated rings. The lowest BCUT2D eigenvalue weighted by molar-refractivity contribution is 0.101. The number of allylic oxidation sites excluding steroid dienone is 5. The summed E-state index contributed by atoms with van der Waals surface area (Å²) in [6.45, 7) is 7.93. The number of hydrogen-bond donors (Lipinski definition) is 1. The van der Waals surface area contributed by atoms with E-state index in [0.29, 0.717) is 48.6 Å². The minimum Gasteiger partial charge on any atom is -0.507 e. The molecule has 8 heteroatoms. The van der Waals surface area contributed by atoms with Crippen LogP contribution in [0.3, 0.4) is 0 Å². The highest BCUT2D eigenvalue weighted by molar-refractivity contribution is 5.97. The highest BCUT2D eigenvalue weighted by atomic mass is 16.5. The van der Waals surface area contributed by atoms with Crippen molar-refractivity contribution in [2.24, 2.45) is 0 Å². The number of unbranched alkanes of at least 4 members (excludes halogenated alkanes) is 1. The zero-order valence-electron chi connectivity index (χ0n) is 19.2. The number of nitriles is 1. The topological polar surface area (TPSA) is 114 Å². The van der Waals surface area contributed by atoms with Gasteiger partial charge in [0.2, 0.25) is 0 Å². The monoisotopic (exact) mass is 447 g/mol. The van der Waals surface area contributed by atoms with Gasteiger partial charge in [-0.25, -0.2) is 0 Å². The van der Waals surface area contributed by atoms with Gasteiger partial charge in [-0.2, -0.15) is 5.26 Å². The smallest absolute Gasteiger partial charge is 0.175 e. The number of aromatic hydroxyl groups is 1. The largest absolute Gasteiger partial charge is 0.507 e. The molecular formula is C25H29N5O3. The van der Waals surface area contributed by atoms with Crippen molar-refractivity contribution >= 4 is 11.5 Å². The third kappa shape index (κ3) is 5.95. The Morgan fingerprint density at radius 3 is 2.91 bits per heavy atom. The first-order chi connectivity index (χ1) is 15.9. The minimum atomic E-state index is -0.166. The Morgan fingerprint density at radius 2 is 2.18 bits per heavy atom. The molecule has 1 N–H and O–H groups in total. The fraction of sp³-hybridized carbons (Fsp3) is 0.400. The minimum absolute atomic E-state index is 0.0214. The van der Waals surface area contributed by atoms with E-state index < -0.39 is 0 Å². The van der Waals surface area contributed by atoms with Crippen LogP contribution < -0.4 is 4.74 Å². The van der Waals surface area contributed by atoms with Crippen molar-refractivity contribution in [1.82, 2.24) is 20.2 Å². The second kappa shape index (κ2) is 11.2. The van der Waals surface area contributed by atoms with Crippen LogP contribution in [0.15, 0.2) is 42.0 Å². The molecule has 0 bridgehead atoms. The molecule has 8 nitrogen and oxygen atoms in total. The molecule has 0 saturated heterocycles. The van der Waals surface area contributed by atoms with Crippen molar-refractivity contribution in [2.45, 2.75) is 58.8 Å². The van der Waals surface area contributed by atoms with E-state index in [4.69, 9.17) is 10.00 Å². The number of Topliss-reactive ketones (excluding diaryl/α,β-unsaturated/α-hetero) is 1. The van der Waals surface area contributed by atoms with Crippen LogP contribution in [0.1, 0.15) is 67.7 Å². The number of aromatic nitrogens is 4. The third-order valence-corrected chi connectivity index (χ3v) is 5.43. The molecule has 0 saturated carbocycles. The summed E-state index contributed by atoms with van der Waals surface area (Å²) >= 11 is 0. The average molecular weight is 448 g/mol. The number of ether oxygens (including phenoxy) is 1. The molecule has 1 aromatic heterocycles. The van der Waals surface area contributed by atoms with Gasteiger partial charge in [0.05, 0.1) is 23.9 Å². The van der Waals surface area contributed by atoms with Crippen LogP contribution in [0, 0.1) is 11.3 Å². The molecule has 0 atom stereocenters. The maximum absolute atomic E-state index is 11.7. The molecule has 1 aliphatic carbocycles. The predicted octanol–water partition coefficient (Wildman–Crippen LogP) is 4.58. The van der Waals surface area contributed by atoms with Gasteiger partial charge >= 0.3 is 0 Å². The summed E-state index contributed by atoms with van der Waals surface area (Å²) in [4.78, 5) is 13.2. The highest BCUT2D eigenvalue weighted by Crippen LogP contribution is 2.33. The average Bonchev–Trinajstić information content (AvgIpc) is 3.24. The normalized spacial score (nSPS) is 14.8. The highest BCUT2D eigenvalue weighted by Gasteiger charge is 2.18. The Labute approximate surface area is 193 Å². The van der Waals surface area contributed by atoms with E-state index in [9.17, 15) is 9.90 Å². The number of benzene rings is 1. The maximum atomic E-state index is 11.7. The fourth-order valence-corrected chi connectivity index (χ4v) is 3.76. The van der Waals surface area contributed by atoms with Gasteiger partial charge in [-0.1, -0.05) is 31.6 Å². The number of hydrogen-bond acceptors (Lipinski definition) is 7. The lowest BCUT2D eigenvalue weighted by Gasteiger charge is -2.16. The van der Waals surface area contributed by atoms with Crippen LogP contribution in [0.5, 0.6) is 11.5 Å². The van der Waals surface area contributed by atoms with Gasteiger partial charge in [0.1, 0.15) is 11.5 Å². The summed E-state index contributed by atoms with van der Waals surface area (Å²) in [6.07, 6.45) is 8.55. The van der Waals surface area contributed by atoms with Crippen LogP contribution in [-0.2, 0) is 12.8 Å². The number of ketones is 1. The lowest BCUT2D eigenvalue weighted by atomic mass is 9.95. The number of nitrogens with zero attached hydrogens (tertiary/aromatic N) is 5.